The van der Waals surface area contributed by atoms with E-state index in [1.165, 1.54) is 24.5 Å². The lowest BCUT2D eigenvalue weighted by molar-refractivity contribution is 0.593. The molecule has 2 rings (SSSR count). The number of nitrogen functional groups attached to an aromatic ring is 1. The fourth-order valence-electron chi connectivity index (χ4n) is 1.56. The first-order chi connectivity index (χ1) is 9.88. The summed E-state index contributed by atoms with van der Waals surface area (Å²) < 4.78 is 26.6. The number of hydrogen-bond acceptors (Lipinski definition) is 5. The second-order valence-electron chi connectivity index (χ2n) is 4.34. The smallest absolute Gasteiger partial charge is 0.263 e. The van der Waals surface area contributed by atoms with Crippen LogP contribution in [0.4, 0.5) is 11.4 Å². The fraction of sp³-hybridized carbons (Fsp3) is 0.0769. The minimum absolute atomic E-state index is 0.0738. The maximum Gasteiger partial charge on any atom is 0.263 e. The van der Waals surface area contributed by atoms with Crippen LogP contribution in [0.3, 0.4) is 0 Å². The molecule has 1 heterocycles. The summed E-state index contributed by atoms with van der Waals surface area (Å²) in [7, 11) is -3.72. The minimum Gasteiger partial charge on any atom is -0.397 e. The number of nitrogens with zero attached hydrogens (tertiary/aromatic N) is 1. The van der Waals surface area contributed by atoms with Crippen molar-refractivity contribution >= 4 is 38.7 Å². The van der Waals surface area contributed by atoms with E-state index in [1.54, 1.807) is 18.2 Å². The molecule has 0 fully saturated rings. The zero-order valence-electron chi connectivity index (χ0n) is 11.2. The second-order valence-corrected chi connectivity index (χ2v) is 6.43. The van der Waals surface area contributed by atoms with Crippen LogP contribution < -0.4 is 15.8 Å². The first kappa shape index (κ1) is 15.2. The van der Waals surface area contributed by atoms with E-state index >= 15 is 0 Å². The average molecular weight is 322 g/mol. The molecule has 110 valence electrons. The molecule has 0 saturated heterocycles. The molecule has 4 N–H and O–H groups in total. The molecule has 1 aromatic heterocycles. The molecule has 0 bridgehead atoms. The lowest BCUT2D eigenvalue weighted by Crippen LogP contribution is -2.34. The van der Waals surface area contributed by atoms with Gasteiger partial charge in [0.2, 0.25) is 0 Å². The van der Waals surface area contributed by atoms with Gasteiger partial charge in [-0.3, -0.25) is 9.71 Å². The average Bonchev–Trinajstić information content (AvgIpc) is 2.41. The third kappa shape index (κ3) is 3.89. The number of aryl methyl sites for hydroxylation is 1. The van der Waals surface area contributed by atoms with E-state index in [0.29, 0.717) is 11.4 Å². The number of pyridine rings is 1. The summed E-state index contributed by atoms with van der Waals surface area (Å²) in [5, 5.41) is 2.63. The van der Waals surface area contributed by atoms with Gasteiger partial charge in [0.15, 0.2) is 5.11 Å². The van der Waals surface area contributed by atoms with Crippen LogP contribution in [0.1, 0.15) is 5.56 Å². The molecule has 0 amide bonds. The van der Waals surface area contributed by atoms with Gasteiger partial charge in [0.1, 0.15) is 0 Å². The minimum atomic E-state index is -3.72. The highest BCUT2D eigenvalue weighted by molar-refractivity contribution is 7.92. The number of thiocarbonyl (C=S) groups is 1. The van der Waals surface area contributed by atoms with E-state index in [9.17, 15) is 8.42 Å². The SMILES string of the molecule is Cc1ccc(S(=O)(=O)NC(=S)Nc2cnccc2N)cc1. The Kier molecular flexibility index (Phi) is 4.39. The van der Waals surface area contributed by atoms with Crippen molar-refractivity contribution in [2.24, 2.45) is 0 Å². The van der Waals surface area contributed by atoms with Crippen LogP contribution in [0, 0.1) is 6.92 Å². The Hall–Kier alpha value is -2.19. The molecule has 0 spiro atoms. The molecule has 8 heteroatoms. The molecule has 0 aliphatic heterocycles. The number of hydrogen-bond donors (Lipinski definition) is 3. The van der Waals surface area contributed by atoms with Gasteiger partial charge < -0.3 is 11.1 Å². The topological polar surface area (TPSA) is 97.1 Å². The molecule has 0 radical (unpaired) electrons. The number of nitrogens with two attached hydrogens (primary N) is 1. The third-order valence-corrected chi connectivity index (χ3v) is 4.36. The summed E-state index contributed by atoms with van der Waals surface area (Å²) in [5.41, 5.74) is 7.55. The normalized spacial score (nSPS) is 10.9. The number of anilines is 2. The lowest BCUT2D eigenvalue weighted by Gasteiger charge is -2.12. The Labute approximate surface area is 128 Å². The molecule has 6 nitrogen and oxygen atoms in total. The fourth-order valence-corrected chi connectivity index (χ4v) is 2.90. The summed E-state index contributed by atoms with van der Waals surface area (Å²) in [6.45, 7) is 1.88. The zero-order chi connectivity index (χ0) is 15.5. The van der Waals surface area contributed by atoms with Crippen LogP contribution >= 0.6 is 12.2 Å². The molecule has 0 unspecified atom stereocenters. The maximum absolute atomic E-state index is 12.1. The first-order valence-corrected chi connectivity index (χ1v) is 7.87. The van der Waals surface area contributed by atoms with Crippen molar-refractivity contribution in [3.8, 4) is 0 Å². The molecule has 0 aliphatic rings. The number of aromatic nitrogens is 1. The van der Waals surface area contributed by atoms with E-state index in [4.69, 9.17) is 18.0 Å². The van der Waals surface area contributed by atoms with Crippen molar-refractivity contribution in [3.05, 3.63) is 48.3 Å². The third-order valence-electron chi connectivity index (χ3n) is 2.66. The van der Waals surface area contributed by atoms with Crippen LogP contribution in [-0.4, -0.2) is 18.5 Å². The summed E-state index contributed by atoms with van der Waals surface area (Å²) >= 11 is 4.98. The standard InChI is InChI=1S/C13H14N4O2S2/c1-9-2-4-10(5-3-9)21(18,19)17-13(20)16-12-8-15-7-6-11(12)14/h2-8H,1H3,(H2,14,15)(H2,16,17,20). The summed E-state index contributed by atoms with van der Waals surface area (Å²) in [4.78, 5) is 4.02. The van der Waals surface area contributed by atoms with Gasteiger partial charge in [-0.1, -0.05) is 17.7 Å². The second kappa shape index (κ2) is 6.06. The molecule has 21 heavy (non-hydrogen) atoms. The highest BCUT2D eigenvalue weighted by Gasteiger charge is 2.15. The number of sulfonamides is 1. The Morgan fingerprint density at radius 1 is 1.24 bits per heavy atom. The molecular weight excluding hydrogens is 308 g/mol. The predicted molar refractivity (Wildman–Crippen MR) is 86.4 cm³/mol. The van der Waals surface area contributed by atoms with Crippen LogP contribution in [0.5, 0.6) is 0 Å². The van der Waals surface area contributed by atoms with Gasteiger partial charge in [-0.25, -0.2) is 8.42 Å². The quantitative estimate of drug-likeness (QED) is 0.743. The Morgan fingerprint density at radius 2 is 1.90 bits per heavy atom. The molecule has 0 atom stereocenters. The van der Waals surface area contributed by atoms with E-state index in [1.807, 2.05) is 6.92 Å². The lowest BCUT2D eigenvalue weighted by atomic mass is 10.2. The molecule has 0 aliphatic carbocycles. The van der Waals surface area contributed by atoms with Crippen molar-refractivity contribution < 1.29 is 8.42 Å². The van der Waals surface area contributed by atoms with Crippen molar-refractivity contribution in [2.75, 3.05) is 11.1 Å². The van der Waals surface area contributed by atoms with Crippen molar-refractivity contribution in [3.63, 3.8) is 0 Å². The van der Waals surface area contributed by atoms with E-state index in [-0.39, 0.29) is 10.0 Å². The molecule has 1 aromatic carbocycles. The van der Waals surface area contributed by atoms with Gasteiger partial charge in [-0.2, -0.15) is 0 Å². The summed E-state index contributed by atoms with van der Waals surface area (Å²) in [6.07, 6.45) is 2.99. The van der Waals surface area contributed by atoms with Crippen LogP contribution in [-0.2, 0) is 10.0 Å². The van der Waals surface area contributed by atoms with Gasteiger partial charge in [-0.15, -0.1) is 0 Å². The van der Waals surface area contributed by atoms with Crippen molar-refractivity contribution in [1.82, 2.24) is 9.71 Å². The van der Waals surface area contributed by atoms with Crippen molar-refractivity contribution in [2.45, 2.75) is 11.8 Å². The zero-order valence-corrected chi connectivity index (χ0v) is 12.8. The number of rotatable bonds is 3. The summed E-state index contributed by atoms with van der Waals surface area (Å²) in [5.74, 6) is 0. The van der Waals surface area contributed by atoms with Crippen LogP contribution in [0.25, 0.3) is 0 Å². The maximum atomic E-state index is 12.1. The Balaban J connectivity index is 2.12. The largest absolute Gasteiger partial charge is 0.397 e. The van der Waals surface area contributed by atoms with Gasteiger partial charge in [-0.05, 0) is 37.3 Å². The number of nitrogens with one attached hydrogen (secondary N) is 2. The van der Waals surface area contributed by atoms with Gasteiger partial charge >= 0.3 is 0 Å². The summed E-state index contributed by atoms with van der Waals surface area (Å²) in [6, 6.07) is 8.03. The van der Waals surface area contributed by atoms with Crippen LogP contribution in [0.2, 0.25) is 0 Å². The molecular formula is C13H14N4O2S2. The van der Waals surface area contributed by atoms with Crippen molar-refractivity contribution in [1.29, 1.82) is 0 Å². The highest BCUT2D eigenvalue weighted by Crippen LogP contribution is 2.15. The van der Waals surface area contributed by atoms with Gasteiger partial charge in [0.25, 0.3) is 10.0 Å². The van der Waals surface area contributed by atoms with E-state index < -0.39 is 10.0 Å². The van der Waals surface area contributed by atoms with Gasteiger partial charge in [0.05, 0.1) is 22.5 Å². The monoisotopic (exact) mass is 322 g/mol. The highest BCUT2D eigenvalue weighted by atomic mass is 32.2. The molecule has 0 saturated carbocycles. The number of benzene rings is 1. The van der Waals surface area contributed by atoms with E-state index in [0.717, 1.165) is 5.56 Å². The Morgan fingerprint density at radius 3 is 2.52 bits per heavy atom. The van der Waals surface area contributed by atoms with Gasteiger partial charge in [0, 0.05) is 6.20 Å². The van der Waals surface area contributed by atoms with Crippen LogP contribution in [0.15, 0.2) is 47.6 Å². The predicted octanol–water partition coefficient (Wildman–Crippen LogP) is 1.65. The van der Waals surface area contributed by atoms with E-state index in [2.05, 4.69) is 15.0 Å². The first-order valence-electron chi connectivity index (χ1n) is 5.98. The molecule has 2 aromatic rings. The Bertz CT molecular complexity index is 758.